The minimum absolute atomic E-state index is 1.01. The Morgan fingerprint density at radius 2 is 2.18 bits per heavy atom. The van der Waals surface area contributed by atoms with Gasteiger partial charge in [-0.2, -0.15) is 23.5 Å². The van der Waals surface area contributed by atoms with Crippen LogP contribution in [0.5, 0.6) is 0 Å². The topological polar surface area (TPSA) is 0 Å². The van der Waals surface area contributed by atoms with Gasteiger partial charge in [0.15, 0.2) is 0 Å². The zero-order valence-electron chi connectivity index (χ0n) is 6.75. The molecule has 1 heterocycles. The average Bonchev–Trinajstić information content (AvgIpc) is 2.80. The van der Waals surface area contributed by atoms with E-state index in [9.17, 15) is 0 Å². The van der Waals surface area contributed by atoms with Gasteiger partial charge in [0.05, 0.1) is 0 Å². The summed E-state index contributed by atoms with van der Waals surface area (Å²) < 4.78 is 0. The molecule has 66 valence electrons. The monoisotopic (exact) mass is 226 g/mol. The van der Waals surface area contributed by atoms with Crippen LogP contribution >= 0.6 is 45.1 Å². The maximum absolute atomic E-state index is 2.23. The fourth-order valence-electron chi connectivity index (χ4n) is 0.584. The van der Waals surface area contributed by atoms with E-state index in [1.165, 1.54) is 28.8 Å². The standard InChI is InChI=1S/C7H14S4/c1-2-8-3-4-10-11-6-7-5-9-7/h7H,2-6H2,1H3. The largest absolute Gasteiger partial charge is 0.161 e. The fourth-order valence-corrected chi connectivity index (χ4v) is 5.10. The van der Waals surface area contributed by atoms with E-state index in [0.717, 1.165) is 5.25 Å². The SMILES string of the molecule is CCSCCSSCC1CS1. The van der Waals surface area contributed by atoms with Crippen LogP contribution in [0, 0.1) is 0 Å². The van der Waals surface area contributed by atoms with Crippen molar-refractivity contribution in [3.63, 3.8) is 0 Å². The first-order valence-electron chi connectivity index (χ1n) is 3.87. The van der Waals surface area contributed by atoms with Crippen LogP contribution in [0.3, 0.4) is 0 Å². The smallest absolute Gasteiger partial charge is 0.0237 e. The lowest BCUT2D eigenvalue weighted by Crippen LogP contribution is -1.86. The van der Waals surface area contributed by atoms with Gasteiger partial charge in [0.1, 0.15) is 0 Å². The summed E-state index contributed by atoms with van der Waals surface area (Å²) in [6.07, 6.45) is 0. The van der Waals surface area contributed by atoms with Crippen LogP contribution in [-0.2, 0) is 0 Å². The van der Waals surface area contributed by atoms with Crippen molar-refractivity contribution in [2.24, 2.45) is 0 Å². The van der Waals surface area contributed by atoms with Crippen LogP contribution in [0.25, 0.3) is 0 Å². The van der Waals surface area contributed by atoms with Crippen molar-refractivity contribution in [2.45, 2.75) is 12.2 Å². The van der Waals surface area contributed by atoms with Gasteiger partial charge in [0.25, 0.3) is 0 Å². The molecule has 0 aromatic rings. The normalized spacial score (nSPS) is 22.1. The molecule has 0 radical (unpaired) electrons. The van der Waals surface area contributed by atoms with Crippen molar-refractivity contribution in [1.29, 1.82) is 0 Å². The van der Waals surface area contributed by atoms with Gasteiger partial charge in [-0.3, -0.25) is 0 Å². The van der Waals surface area contributed by atoms with E-state index in [0.29, 0.717) is 0 Å². The second kappa shape index (κ2) is 6.87. The van der Waals surface area contributed by atoms with E-state index in [2.05, 4.69) is 29.5 Å². The first kappa shape index (κ1) is 10.5. The molecule has 11 heavy (non-hydrogen) atoms. The Balaban J connectivity index is 1.66. The van der Waals surface area contributed by atoms with Crippen LogP contribution in [0.1, 0.15) is 6.92 Å². The molecule has 1 rings (SSSR count). The molecule has 0 spiro atoms. The van der Waals surface area contributed by atoms with Crippen LogP contribution in [0.4, 0.5) is 0 Å². The van der Waals surface area contributed by atoms with E-state index in [1.54, 1.807) is 0 Å². The van der Waals surface area contributed by atoms with Crippen molar-refractivity contribution in [3.8, 4) is 0 Å². The van der Waals surface area contributed by atoms with E-state index in [4.69, 9.17) is 0 Å². The molecule has 1 unspecified atom stereocenters. The lowest BCUT2D eigenvalue weighted by molar-refractivity contribution is 1.28. The summed E-state index contributed by atoms with van der Waals surface area (Å²) in [5, 5.41) is 1.01. The molecule has 0 aromatic carbocycles. The molecular weight excluding hydrogens is 212 g/mol. The minimum atomic E-state index is 1.01. The Morgan fingerprint density at radius 1 is 1.36 bits per heavy atom. The van der Waals surface area contributed by atoms with Crippen molar-refractivity contribution in [3.05, 3.63) is 0 Å². The van der Waals surface area contributed by atoms with Crippen LogP contribution in [-0.4, -0.2) is 34.0 Å². The summed E-state index contributed by atoms with van der Waals surface area (Å²) in [7, 11) is 4.10. The molecule has 1 saturated heterocycles. The van der Waals surface area contributed by atoms with Gasteiger partial charge >= 0.3 is 0 Å². The molecule has 0 nitrogen and oxygen atoms in total. The van der Waals surface area contributed by atoms with Gasteiger partial charge in [-0.05, 0) is 5.75 Å². The van der Waals surface area contributed by atoms with Gasteiger partial charge in [-0.25, -0.2) is 0 Å². The summed E-state index contributed by atoms with van der Waals surface area (Å²) in [6.45, 7) is 2.23. The maximum atomic E-state index is 2.23. The molecule has 1 atom stereocenters. The third-order valence-electron chi connectivity index (χ3n) is 1.25. The quantitative estimate of drug-likeness (QED) is 0.371. The summed E-state index contributed by atoms with van der Waals surface area (Å²) in [6, 6.07) is 0. The molecule has 1 aliphatic rings. The van der Waals surface area contributed by atoms with Gasteiger partial charge in [-0.15, -0.1) is 0 Å². The predicted octanol–water partition coefficient (Wildman–Crippen LogP) is 3.24. The molecular formula is C7H14S4. The maximum Gasteiger partial charge on any atom is 0.0237 e. The van der Waals surface area contributed by atoms with Gasteiger partial charge in [0.2, 0.25) is 0 Å². The Kier molecular flexibility index (Phi) is 6.54. The minimum Gasteiger partial charge on any atom is -0.161 e. The molecule has 1 fully saturated rings. The van der Waals surface area contributed by atoms with Gasteiger partial charge in [-0.1, -0.05) is 28.5 Å². The van der Waals surface area contributed by atoms with Crippen molar-refractivity contribution in [1.82, 2.24) is 0 Å². The Labute approximate surface area is 85.8 Å². The zero-order chi connectivity index (χ0) is 7.94. The number of hydrogen-bond donors (Lipinski definition) is 0. The average molecular weight is 226 g/mol. The van der Waals surface area contributed by atoms with Gasteiger partial charge in [0, 0.05) is 28.3 Å². The summed E-state index contributed by atoms with van der Waals surface area (Å²) in [5.74, 6) is 6.69. The molecule has 0 amide bonds. The van der Waals surface area contributed by atoms with Crippen molar-refractivity contribution < 1.29 is 0 Å². The molecule has 0 aliphatic carbocycles. The van der Waals surface area contributed by atoms with E-state index in [-0.39, 0.29) is 0 Å². The van der Waals surface area contributed by atoms with Crippen molar-refractivity contribution >= 4 is 45.1 Å². The highest BCUT2D eigenvalue weighted by atomic mass is 33.1. The molecule has 0 N–H and O–H groups in total. The molecule has 0 aromatic heterocycles. The fraction of sp³-hybridized carbons (Fsp3) is 1.00. The predicted molar refractivity (Wildman–Crippen MR) is 64.2 cm³/mol. The highest BCUT2D eigenvalue weighted by Crippen LogP contribution is 2.36. The van der Waals surface area contributed by atoms with E-state index in [1.807, 2.05) is 22.6 Å². The van der Waals surface area contributed by atoms with Crippen LogP contribution in [0.2, 0.25) is 0 Å². The molecule has 0 saturated carbocycles. The molecule has 1 aliphatic heterocycles. The first-order valence-corrected chi connectivity index (χ1v) is 8.56. The van der Waals surface area contributed by atoms with Gasteiger partial charge < -0.3 is 0 Å². The number of hydrogen-bond acceptors (Lipinski definition) is 4. The Morgan fingerprint density at radius 3 is 2.82 bits per heavy atom. The number of rotatable bonds is 7. The highest BCUT2D eigenvalue weighted by molar-refractivity contribution is 8.76. The second-order valence-corrected chi connectivity index (χ2v) is 7.61. The second-order valence-electron chi connectivity index (χ2n) is 2.26. The summed E-state index contributed by atoms with van der Waals surface area (Å²) in [5.41, 5.74) is 0. The highest BCUT2D eigenvalue weighted by Gasteiger charge is 2.21. The third-order valence-corrected chi connectivity index (χ3v) is 6.08. The number of thioether (sulfide) groups is 2. The Hall–Kier alpha value is 1.40. The van der Waals surface area contributed by atoms with E-state index >= 15 is 0 Å². The molecule has 4 heteroatoms. The molecule has 0 bridgehead atoms. The lowest BCUT2D eigenvalue weighted by Gasteiger charge is -1.97. The third kappa shape index (κ3) is 6.55. The lowest BCUT2D eigenvalue weighted by atomic mass is 10.6. The van der Waals surface area contributed by atoms with E-state index < -0.39 is 0 Å². The Bertz CT molecular complexity index is 92.4. The van der Waals surface area contributed by atoms with Crippen molar-refractivity contribution in [2.75, 3.05) is 28.8 Å². The first-order chi connectivity index (χ1) is 5.43. The van der Waals surface area contributed by atoms with Crippen LogP contribution in [0.15, 0.2) is 0 Å². The van der Waals surface area contributed by atoms with Crippen LogP contribution < -0.4 is 0 Å². The zero-order valence-corrected chi connectivity index (χ0v) is 10.0. The summed E-state index contributed by atoms with van der Waals surface area (Å²) in [4.78, 5) is 0. The summed E-state index contributed by atoms with van der Waals surface area (Å²) >= 11 is 4.14.